The van der Waals surface area contributed by atoms with Crippen LogP contribution in [0.1, 0.15) is 12.0 Å². The molecule has 4 nitrogen and oxygen atoms in total. The van der Waals surface area contributed by atoms with E-state index in [0.29, 0.717) is 0 Å². The molecule has 0 amide bonds. The highest BCUT2D eigenvalue weighted by atomic mass is 16.4. The van der Waals surface area contributed by atoms with Gasteiger partial charge in [-0.3, -0.25) is 4.79 Å². The minimum absolute atomic E-state index is 0.404. The highest BCUT2D eigenvalue weighted by Gasteiger charge is 2.14. The Morgan fingerprint density at radius 1 is 1.25 bits per heavy atom. The Hall–Kier alpha value is -1.94. The smallest absolute Gasteiger partial charge is 0.372 e. The number of hydrogen-bond donors (Lipinski definition) is 2. The van der Waals surface area contributed by atoms with E-state index in [1.54, 1.807) is 6.08 Å². The van der Waals surface area contributed by atoms with Crippen molar-refractivity contribution in [2.75, 3.05) is 0 Å². The van der Waals surface area contributed by atoms with Gasteiger partial charge in [0.15, 0.2) is 0 Å². The fraction of sp³-hybridized carbons (Fsp3) is 0.167. The maximum atomic E-state index is 10.8. The average Bonchev–Trinajstić information content (AvgIpc) is 2.27. The lowest BCUT2D eigenvalue weighted by Crippen LogP contribution is -2.18. The Morgan fingerprint density at radius 2 is 1.88 bits per heavy atom. The van der Waals surface area contributed by atoms with E-state index in [4.69, 9.17) is 5.11 Å². The van der Waals surface area contributed by atoms with E-state index < -0.39 is 24.3 Å². The number of aliphatic hydroxyl groups is 1. The first-order chi connectivity index (χ1) is 7.59. The molecule has 1 unspecified atom stereocenters. The summed E-state index contributed by atoms with van der Waals surface area (Å²) >= 11 is 0. The molecule has 0 saturated heterocycles. The van der Waals surface area contributed by atoms with Gasteiger partial charge < -0.3 is 10.2 Å². The second-order valence-electron chi connectivity index (χ2n) is 3.27. The number of aliphatic hydroxyl groups excluding tert-OH is 1. The van der Waals surface area contributed by atoms with Gasteiger partial charge in [0.1, 0.15) is 0 Å². The molecule has 0 aliphatic heterocycles. The summed E-state index contributed by atoms with van der Waals surface area (Å²) in [6.45, 7) is 0. The van der Waals surface area contributed by atoms with Crippen molar-refractivity contribution in [1.82, 2.24) is 0 Å². The molecule has 0 fully saturated rings. The summed E-state index contributed by atoms with van der Waals surface area (Å²) in [7, 11) is 0. The Kier molecular flexibility index (Phi) is 4.42. The molecular formula is C12H12O4. The van der Waals surface area contributed by atoms with Crippen molar-refractivity contribution < 1.29 is 19.8 Å². The summed E-state index contributed by atoms with van der Waals surface area (Å²) in [5, 5.41) is 17.7. The first-order valence-electron chi connectivity index (χ1n) is 4.77. The zero-order valence-corrected chi connectivity index (χ0v) is 8.54. The molecular weight excluding hydrogens is 208 g/mol. The van der Waals surface area contributed by atoms with E-state index in [2.05, 4.69) is 0 Å². The minimum atomic E-state index is -1.52. The van der Waals surface area contributed by atoms with Crippen LogP contribution in [0.5, 0.6) is 0 Å². The summed E-state index contributed by atoms with van der Waals surface area (Å²) < 4.78 is 0. The van der Waals surface area contributed by atoms with Crippen LogP contribution < -0.4 is 0 Å². The maximum absolute atomic E-state index is 10.8. The van der Waals surface area contributed by atoms with Gasteiger partial charge in [-0.05, 0) is 5.56 Å². The number of rotatable bonds is 5. The van der Waals surface area contributed by atoms with E-state index in [1.807, 2.05) is 30.3 Å². The maximum Gasteiger partial charge on any atom is 0.372 e. The molecule has 0 aliphatic carbocycles. The van der Waals surface area contributed by atoms with Crippen LogP contribution in [-0.4, -0.2) is 28.1 Å². The predicted octanol–water partition coefficient (Wildman–Crippen LogP) is 1.10. The number of benzene rings is 1. The zero-order valence-electron chi connectivity index (χ0n) is 8.54. The lowest BCUT2D eigenvalue weighted by molar-refractivity contribution is -0.149. The topological polar surface area (TPSA) is 74.6 Å². The number of carboxylic acids is 1. The minimum Gasteiger partial charge on any atom is -0.475 e. The molecule has 0 saturated carbocycles. The summed E-state index contributed by atoms with van der Waals surface area (Å²) in [6.07, 6.45) is 1.57. The Labute approximate surface area is 92.8 Å². The molecule has 0 aromatic heterocycles. The summed E-state index contributed by atoms with van der Waals surface area (Å²) in [5.41, 5.74) is 0.879. The number of carboxylic acid groups (broad SMARTS) is 1. The van der Waals surface area contributed by atoms with Gasteiger partial charge >= 0.3 is 5.97 Å². The van der Waals surface area contributed by atoms with Crippen molar-refractivity contribution >= 4 is 17.8 Å². The fourth-order valence-electron chi connectivity index (χ4n) is 1.13. The van der Waals surface area contributed by atoms with Crippen molar-refractivity contribution in [1.29, 1.82) is 0 Å². The normalized spacial score (nSPS) is 12.6. The molecule has 0 bridgehead atoms. The Balaban J connectivity index is 2.52. The Morgan fingerprint density at radius 3 is 2.44 bits per heavy atom. The van der Waals surface area contributed by atoms with Gasteiger partial charge in [0.05, 0.1) is 6.10 Å². The summed E-state index contributed by atoms with van der Waals surface area (Å²) in [4.78, 5) is 21.0. The molecule has 0 radical (unpaired) electrons. The third-order valence-corrected chi connectivity index (χ3v) is 1.94. The lowest BCUT2D eigenvalue weighted by Gasteiger charge is -2.01. The van der Waals surface area contributed by atoms with Crippen LogP contribution in [-0.2, 0) is 9.59 Å². The second kappa shape index (κ2) is 5.82. The Bertz CT molecular complexity index is 395. The first-order valence-corrected chi connectivity index (χ1v) is 4.77. The van der Waals surface area contributed by atoms with Crippen LogP contribution in [0.3, 0.4) is 0 Å². The molecule has 0 aliphatic rings. The quantitative estimate of drug-likeness (QED) is 0.729. The van der Waals surface area contributed by atoms with E-state index in [9.17, 15) is 14.7 Å². The van der Waals surface area contributed by atoms with Gasteiger partial charge in [0.2, 0.25) is 5.78 Å². The van der Waals surface area contributed by atoms with Gasteiger partial charge in [-0.1, -0.05) is 42.5 Å². The average molecular weight is 220 g/mol. The molecule has 0 spiro atoms. The van der Waals surface area contributed by atoms with Gasteiger partial charge in [-0.25, -0.2) is 4.79 Å². The molecule has 4 heteroatoms. The van der Waals surface area contributed by atoms with Crippen molar-refractivity contribution in [3.63, 3.8) is 0 Å². The van der Waals surface area contributed by atoms with Crippen LogP contribution in [0.15, 0.2) is 36.4 Å². The highest BCUT2D eigenvalue weighted by Crippen LogP contribution is 2.04. The monoisotopic (exact) mass is 220 g/mol. The van der Waals surface area contributed by atoms with E-state index in [0.717, 1.165) is 5.56 Å². The summed E-state index contributed by atoms with van der Waals surface area (Å²) in [6, 6.07) is 9.22. The van der Waals surface area contributed by atoms with Gasteiger partial charge in [-0.15, -0.1) is 0 Å². The number of aliphatic carboxylic acids is 1. The third-order valence-electron chi connectivity index (χ3n) is 1.94. The van der Waals surface area contributed by atoms with E-state index in [1.165, 1.54) is 6.08 Å². The number of ketones is 1. The highest BCUT2D eigenvalue weighted by molar-refractivity contribution is 6.32. The van der Waals surface area contributed by atoms with Gasteiger partial charge in [0.25, 0.3) is 0 Å². The fourth-order valence-corrected chi connectivity index (χ4v) is 1.13. The van der Waals surface area contributed by atoms with Gasteiger partial charge in [-0.2, -0.15) is 0 Å². The second-order valence-corrected chi connectivity index (χ2v) is 3.27. The van der Waals surface area contributed by atoms with E-state index >= 15 is 0 Å². The van der Waals surface area contributed by atoms with Crippen molar-refractivity contribution in [2.24, 2.45) is 0 Å². The number of carbonyl (C=O) groups is 2. The summed E-state index contributed by atoms with van der Waals surface area (Å²) in [5.74, 6) is -2.52. The van der Waals surface area contributed by atoms with Gasteiger partial charge in [0, 0.05) is 6.42 Å². The molecule has 1 atom stereocenters. The zero-order chi connectivity index (χ0) is 12.0. The lowest BCUT2D eigenvalue weighted by atomic mass is 10.1. The standard InChI is InChI=1S/C12H12O4/c13-10(8-11(14)12(15)16)7-6-9-4-2-1-3-5-9/h1-7,10,13H,8H2,(H,15,16)/b7-6+. The number of Topliss-reactive ketones (excluding diaryl/α,β-unsaturated/α-hetero) is 1. The van der Waals surface area contributed by atoms with Crippen molar-refractivity contribution in [2.45, 2.75) is 12.5 Å². The molecule has 16 heavy (non-hydrogen) atoms. The molecule has 1 rings (SSSR count). The van der Waals surface area contributed by atoms with Crippen molar-refractivity contribution in [3.05, 3.63) is 42.0 Å². The van der Waals surface area contributed by atoms with E-state index in [-0.39, 0.29) is 0 Å². The molecule has 1 aromatic rings. The largest absolute Gasteiger partial charge is 0.475 e. The van der Waals surface area contributed by atoms with Crippen molar-refractivity contribution in [3.8, 4) is 0 Å². The van der Waals surface area contributed by atoms with Crippen LogP contribution in [0.25, 0.3) is 6.08 Å². The molecule has 1 aromatic carbocycles. The number of carbonyl (C=O) groups excluding carboxylic acids is 1. The third kappa shape index (κ3) is 4.06. The van der Waals surface area contributed by atoms with Crippen LogP contribution in [0, 0.1) is 0 Å². The predicted molar refractivity (Wildman–Crippen MR) is 58.7 cm³/mol. The SMILES string of the molecule is O=C(O)C(=O)CC(O)/C=C/c1ccccc1. The molecule has 84 valence electrons. The van der Waals surface area contributed by atoms with Crippen LogP contribution in [0.4, 0.5) is 0 Å². The van der Waals surface area contributed by atoms with Crippen LogP contribution in [0.2, 0.25) is 0 Å². The number of hydrogen-bond acceptors (Lipinski definition) is 3. The first kappa shape index (κ1) is 12.1. The molecule has 2 N–H and O–H groups in total. The van der Waals surface area contributed by atoms with Crippen LogP contribution >= 0.6 is 0 Å². The molecule has 0 heterocycles.